The molecule has 1 aromatic carbocycles. The number of carbonyl (C=O) groups is 1. The standard InChI is InChI=1S/C16H11FN4O2/c17-9-3-4-12-10(6-9)11(16(22)19-12)8-18-15-7-13(20-21-15)14-2-1-5-23-14/h1-8H,(H,19,22)(H2,18,20,21)/b11-8+. The number of nitrogens with one attached hydrogen (secondary N) is 3. The van der Waals surface area contributed by atoms with Crippen LogP contribution in [0.15, 0.2) is 53.3 Å². The van der Waals surface area contributed by atoms with Gasteiger partial charge >= 0.3 is 0 Å². The normalized spacial score (nSPS) is 14.8. The van der Waals surface area contributed by atoms with E-state index in [1.165, 1.54) is 24.4 Å². The van der Waals surface area contributed by atoms with Crippen molar-refractivity contribution in [2.45, 2.75) is 0 Å². The third-order valence-electron chi connectivity index (χ3n) is 3.49. The van der Waals surface area contributed by atoms with Gasteiger partial charge in [-0.1, -0.05) is 0 Å². The van der Waals surface area contributed by atoms with Crippen LogP contribution < -0.4 is 10.6 Å². The van der Waals surface area contributed by atoms with Gasteiger partial charge in [-0.3, -0.25) is 9.89 Å². The van der Waals surface area contributed by atoms with Gasteiger partial charge in [0.1, 0.15) is 11.5 Å². The lowest BCUT2D eigenvalue weighted by atomic mass is 10.1. The van der Waals surface area contributed by atoms with Crippen molar-refractivity contribution in [1.82, 2.24) is 10.2 Å². The van der Waals surface area contributed by atoms with Gasteiger partial charge in [0.05, 0.1) is 11.8 Å². The molecule has 3 heterocycles. The molecule has 0 saturated carbocycles. The summed E-state index contributed by atoms with van der Waals surface area (Å²) < 4.78 is 18.6. The lowest BCUT2D eigenvalue weighted by Crippen LogP contribution is -2.05. The van der Waals surface area contributed by atoms with Crippen molar-refractivity contribution in [3.05, 3.63) is 60.2 Å². The van der Waals surface area contributed by atoms with Crippen LogP contribution in [0.5, 0.6) is 0 Å². The van der Waals surface area contributed by atoms with Crippen molar-refractivity contribution in [3.8, 4) is 11.5 Å². The molecule has 0 spiro atoms. The third kappa shape index (κ3) is 2.38. The summed E-state index contributed by atoms with van der Waals surface area (Å²) in [5, 5.41) is 12.5. The molecule has 1 aliphatic rings. The molecular weight excluding hydrogens is 299 g/mol. The van der Waals surface area contributed by atoms with E-state index < -0.39 is 5.82 Å². The average Bonchev–Trinajstić information content (AvgIpc) is 3.24. The molecule has 1 amide bonds. The zero-order valence-electron chi connectivity index (χ0n) is 11.8. The van der Waals surface area contributed by atoms with Crippen molar-refractivity contribution in [3.63, 3.8) is 0 Å². The van der Waals surface area contributed by atoms with E-state index in [1.54, 1.807) is 24.5 Å². The zero-order chi connectivity index (χ0) is 15.8. The van der Waals surface area contributed by atoms with E-state index >= 15 is 0 Å². The highest BCUT2D eigenvalue weighted by molar-refractivity contribution is 6.31. The number of hydrogen-bond acceptors (Lipinski definition) is 4. The Kier molecular flexibility index (Phi) is 2.97. The second kappa shape index (κ2) is 5.13. The first kappa shape index (κ1) is 13.3. The van der Waals surface area contributed by atoms with Crippen LogP contribution in [0.3, 0.4) is 0 Å². The van der Waals surface area contributed by atoms with Crippen LogP contribution in [0.1, 0.15) is 5.56 Å². The molecule has 0 unspecified atom stereocenters. The number of amides is 1. The molecule has 2 aromatic heterocycles. The highest BCUT2D eigenvalue weighted by Crippen LogP contribution is 2.32. The van der Waals surface area contributed by atoms with Gasteiger partial charge in [-0.05, 0) is 30.3 Å². The first-order valence-electron chi connectivity index (χ1n) is 6.88. The summed E-state index contributed by atoms with van der Waals surface area (Å²) in [6, 6.07) is 9.49. The van der Waals surface area contributed by atoms with Crippen LogP contribution in [-0.4, -0.2) is 16.1 Å². The molecule has 23 heavy (non-hydrogen) atoms. The maximum Gasteiger partial charge on any atom is 0.257 e. The van der Waals surface area contributed by atoms with Gasteiger partial charge in [0.15, 0.2) is 11.6 Å². The molecule has 114 valence electrons. The molecule has 6 nitrogen and oxygen atoms in total. The monoisotopic (exact) mass is 310 g/mol. The van der Waals surface area contributed by atoms with E-state index in [0.717, 1.165) is 0 Å². The Morgan fingerprint density at radius 2 is 2.17 bits per heavy atom. The van der Waals surface area contributed by atoms with E-state index in [1.807, 2.05) is 0 Å². The summed E-state index contributed by atoms with van der Waals surface area (Å²) >= 11 is 0. The van der Waals surface area contributed by atoms with Crippen LogP contribution in [0.2, 0.25) is 0 Å². The lowest BCUT2D eigenvalue weighted by molar-refractivity contribution is -0.110. The van der Waals surface area contributed by atoms with Gasteiger partial charge in [-0.2, -0.15) is 5.10 Å². The molecule has 3 N–H and O–H groups in total. The number of furan rings is 1. The summed E-state index contributed by atoms with van der Waals surface area (Å²) in [4.78, 5) is 12.0. The molecule has 1 aliphatic heterocycles. The smallest absolute Gasteiger partial charge is 0.257 e. The molecule has 0 saturated heterocycles. The molecule has 0 fully saturated rings. The fourth-order valence-corrected chi connectivity index (χ4v) is 2.40. The first-order valence-corrected chi connectivity index (χ1v) is 6.88. The number of fused-ring (bicyclic) bond motifs is 1. The first-order chi connectivity index (χ1) is 11.2. The number of carbonyl (C=O) groups excluding carboxylic acids is 1. The number of halogens is 1. The Morgan fingerprint density at radius 3 is 3.00 bits per heavy atom. The fourth-order valence-electron chi connectivity index (χ4n) is 2.40. The van der Waals surface area contributed by atoms with Crippen molar-refractivity contribution in [1.29, 1.82) is 0 Å². The largest absolute Gasteiger partial charge is 0.463 e. The van der Waals surface area contributed by atoms with E-state index in [-0.39, 0.29) is 5.91 Å². The number of nitrogens with zero attached hydrogens (tertiary/aromatic N) is 1. The van der Waals surface area contributed by atoms with Crippen molar-refractivity contribution in [2.75, 3.05) is 10.6 Å². The van der Waals surface area contributed by atoms with E-state index in [4.69, 9.17) is 4.42 Å². The Morgan fingerprint density at radius 1 is 1.26 bits per heavy atom. The summed E-state index contributed by atoms with van der Waals surface area (Å²) in [5.74, 6) is 0.483. The highest BCUT2D eigenvalue weighted by Gasteiger charge is 2.24. The number of H-pyrrole nitrogens is 1. The van der Waals surface area contributed by atoms with Gasteiger partial charge < -0.3 is 15.1 Å². The minimum Gasteiger partial charge on any atom is -0.463 e. The predicted molar refractivity (Wildman–Crippen MR) is 82.9 cm³/mol. The second-order valence-corrected chi connectivity index (χ2v) is 4.99. The number of anilines is 2. The van der Waals surface area contributed by atoms with Gasteiger partial charge in [0, 0.05) is 23.5 Å². The third-order valence-corrected chi connectivity index (χ3v) is 3.49. The van der Waals surface area contributed by atoms with Gasteiger partial charge in [-0.25, -0.2) is 4.39 Å². The SMILES string of the molecule is O=C1Nc2ccc(F)cc2/C1=C\Nc1cc(-c2ccco2)[nH]n1. The Labute approximate surface area is 130 Å². The molecular formula is C16H11FN4O2. The van der Waals surface area contributed by atoms with Crippen LogP contribution in [0, 0.1) is 5.82 Å². The van der Waals surface area contributed by atoms with Crippen LogP contribution in [-0.2, 0) is 4.79 Å². The number of aromatic nitrogens is 2. The minimum atomic E-state index is -0.397. The van der Waals surface area contributed by atoms with E-state index in [0.29, 0.717) is 34.1 Å². The van der Waals surface area contributed by atoms with Gasteiger partial charge in [0.2, 0.25) is 0 Å². The molecule has 0 atom stereocenters. The molecule has 0 aliphatic carbocycles. The van der Waals surface area contributed by atoms with Crippen molar-refractivity contribution >= 4 is 23.0 Å². The number of rotatable bonds is 3. The Bertz CT molecular complexity index is 912. The molecule has 3 aromatic rings. The summed E-state index contributed by atoms with van der Waals surface area (Å²) in [5.41, 5.74) is 2.16. The van der Waals surface area contributed by atoms with Crippen molar-refractivity contribution in [2.24, 2.45) is 0 Å². The summed E-state index contributed by atoms with van der Waals surface area (Å²) in [6.45, 7) is 0. The summed E-state index contributed by atoms with van der Waals surface area (Å²) in [7, 11) is 0. The number of hydrogen-bond donors (Lipinski definition) is 3. The van der Waals surface area contributed by atoms with Gasteiger partial charge in [-0.15, -0.1) is 0 Å². The molecule has 0 bridgehead atoms. The van der Waals surface area contributed by atoms with Crippen LogP contribution in [0.4, 0.5) is 15.9 Å². The maximum atomic E-state index is 13.4. The number of aromatic amines is 1. The minimum absolute atomic E-state index is 0.292. The molecule has 4 rings (SSSR count). The van der Waals surface area contributed by atoms with Crippen LogP contribution >= 0.6 is 0 Å². The second-order valence-electron chi connectivity index (χ2n) is 4.99. The van der Waals surface area contributed by atoms with Crippen molar-refractivity contribution < 1.29 is 13.6 Å². The van der Waals surface area contributed by atoms with Crippen LogP contribution in [0.25, 0.3) is 17.0 Å². The van der Waals surface area contributed by atoms with Gasteiger partial charge in [0.25, 0.3) is 5.91 Å². The molecule has 0 radical (unpaired) electrons. The maximum absolute atomic E-state index is 13.4. The number of benzene rings is 1. The van der Waals surface area contributed by atoms with E-state index in [9.17, 15) is 9.18 Å². The predicted octanol–water partition coefficient (Wildman–Crippen LogP) is 3.21. The Balaban J connectivity index is 1.60. The topological polar surface area (TPSA) is 83.0 Å². The Hall–Kier alpha value is -3.35. The van der Waals surface area contributed by atoms with E-state index in [2.05, 4.69) is 20.8 Å². The molecule has 7 heteroatoms. The lowest BCUT2D eigenvalue weighted by Gasteiger charge is -1.99. The fraction of sp³-hybridized carbons (Fsp3) is 0. The highest BCUT2D eigenvalue weighted by atomic mass is 19.1. The summed E-state index contributed by atoms with van der Waals surface area (Å²) in [6.07, 6.45) is 3.07. The quantitative estimate of drug-likeness (QED) is 0.649. The zero-order valence-corrected chi connectivity index (χ0v) is 11.8. The average molecular weight is 310 g/mol.